The van der Waals surface area contributed by atoms with Gasteiger partial charge in [-0.2, -0.15) is 0 Å². The number of piperidine rings is 1. The molecule has 1 aromatic carbocycles. The number of carbonyl (C=O) groups is 2. The fourth-order valence-corrected chi connectivity index (χ4v) is 3.23. The van der Waals surface area contributed by atoms with Gasteiger partial charge in [-0.05, 0) is 56.5 Å². The van der Waals surface area contributed by atoms with Gasteiger partial charge < -0.3 is 19.8 Å². The van der Waals surface area contributed by atoms with E-state index in [1.807, 2.05) is 0 Å². The predicted octanol–water partition coefficient (Wildman–Crippen LogP) is 2.45. The van der Waals surface area contributed by atoms with Crippen molar-refractivity contribution in [3.8, 4) is 5.75 Å². The number of rotatable bonds is 5. The maximum atomic E-state index is 12.6. The Labute approximate surface area is 163 Å². The molecular weight excluding hydrogens is 360 g/mol. The first-order chi connectivity index (χ1) is 13.2. The van der Waals surface area contributed by atoms with Gasteiger partial charge in [-0.15, -0.1) is 0 Å². The lowest BCUT2D eigenvalue weighted by Gasteiger charge is -2.38. The van der Waals surface area contributed by atoms with Crippen molar-refractivity contribution >= 4 is 11.9 Å². The van der Waals surface area contributed by atoms with Gasteiger partial charge in [0.1, 0.15) is 5.75 Å². The van der Waals surface area contributed by atoms with E-state index in [0.717, 1.165) is 0 Å². The van der Waals surface area contributed by atoms with Crippen molar-refractivity contribution in [3.63, 3.8) is 0 Å². The van der Waals surface area contributed by atoms with E-state index in [1.165, 1.54) is 13.8 Å². The van der Waals surface area contributed by atoms with Gasteiger partial charge in [-0.25, -0.2) is 4.79 Å². The molecule has 1 fully saturated rings. The first kappa shape index (κ1) is 19.8. The number of aliphatic carboxylic acids is 1. The molecule has 1 aliphatic rings. The van der Waals surface area contributed by atoms with Crippen LogP contribution in [-0.2, 0) is 10.4 Å². The van der Waals surface area contributed by atoms with Gasteiger partial charge >= 0.3 is 5.97 Å². The first-order valence-electron chi connectivity index (χ1n) is 9.16. The minimum atomic E-state index is -1.37. The Hall–Kier alpha value is -2.93. The Balaban J connectivity index is 1.71. The summed E-state index contributed by atoms with van der Waals surface area (Å²) in [6.45, 7) is 3.78. The monoisotopic (exact) mass is 384 g/mol. The molecule has 0 aliphatic carbocycles. The zero-order chi connectivity index (χ0) is 20.4. The van der Waals surface area contributed by atoms with E-state index in [2.05, 4.69) is 4.98 Å². The van der Waals surface area contributed by atoms with E-state index in [9.17, 15) is 19.8 Å². The number of hydrogen-bond acceptors (Lipinski definition) is 5. The van der Waals surface area contributed by atoms with Crippen LogP contribution in [0.4, 0.5) is 0 Å². The highest BCUT2D eigenvalue weighted by Crippen LogP contribution is 2.35. The van der Waals surface area contributed by atoms with Crippen molar-refractivity contribution in [1.29, 1.82) is 0 Å². The fourth-order valence-electron chi connectivity index (χ4n) is 3.23. The van der Waals surface area contributed by atoms with E-state index in [0.29, 0.717) is 42.8 Å². The van der Waals surface area contributed by atoms with Crippen LogP contribution < -0.4 is 4.74 Å². The number of carboxylic acid groups (broad SMARTS) is 1. The molecule has 1 aliphatic heterocycles. The average Bonchev–Trinajstić information content (AvgIpc) is 2.68. The van der Waals surface area contributed by atoms with Gasteiger partial charge in [0.25, 0.3) is 5.91 Å². The summed E-state index contributed by atoms with van der Waals surface area (Å²) in [5.41, 5.74) is -1.24. The Bertz CT molecular complexity index is 858. The van der Waals surface area contributed by atoms with Crippen molar-refractivity contribution in [1.82, 2.24) is 9.88 Å². The molecule has 1 aromatic heterocycles. The zero-order valence-corrected chi connectivity index (χ0v) is 16.0. The summed E-state index contributed by atoms with van der Waals surface area (Å²) in [6.07, 6.45) is 3.93. The maximum Gasteiger partial charge on any atom is 0.347 e. The SMILES string of the molecule is CC(C)(Oc1cccc(C2(O)CCN(C(=O)c3ccncc3)CC2)c1)C(=O)O. The number of pyridine rings is 1. The second-order valence-electron chi connectivity index (χ2n) is 7.51. The van der Waals surface area contributed by atoms with Crippen LogP contribution in [0.1, 0.15) is 42.6 Å². The molecule has 0 bridgehead atoms. The van der Waals surface area contributed by atoms with E-state index >= 15 is 0 Å². The molecule has 3 rings (SSSR count). The summed E-state index contributed by atoms with van der Waals surface area (Å²) in [4.78, 5) is 29.5. The first-order valence-corrected chi connectivity index (χ1v) is 9.16. The molecule has 7 nitrogen and oxygen atoms in total. The quantitative estimate of drug-likeness (QED) is 0.821. The van der Waals surface area contributed by atoms with Crippen molar-refractivity contribution in [3.05, 3.63) is 59.9 Å². The average molecular weight is 384 g/mol. The number of hydrogen-bond donors (Lipinski definition) is 2. The number of amides is 1. The summed E-state index contributed by atoms with van der Waals surface area (Å²) in [5, 5.41) is 20.4. The predicted molar refractivity (Wildman–Crippen MR) is 102 cm³/mol. The largest absolute Gasteiger partial charge is 0.478 e. The molecule has 148 valence electrons. The molecule has 2 heterocycles. The van der Waals surface area contributed by atoms with Crippen LogP contribution in [-0.4, -0.2) is 50.7 Å². The molecular formula is C21H24N2O5. The Morgan fingerprint density at radius 2 is 1.79 bits per heavy atom. The molecule has 2 aromatic rings. The molecule has 2 N–H and O–H groups in total. The number of carbonyl (C=O) groups excluding carboxylic acids is 1. The van der Waals surface area contributed by atoms with Crippen LogP contribution in [0.25, 0.3) is 0 Å². The second kappa shape index (κ2) is 7.59. The van der Waals surface area contributed by atoms with Gasteiger partial charge in [0.05, 0.1) is 5.60 Å². The lowest BCUT2D eigenvalue weighted by atomic mass is 9.84. The summed E-state index contributed by atoms with van der Waals surface area (Å²) >= 11 is 0. The molecule has 0 atom stereocenters. The van der Waals surface area contributed by atoms with Crippen molar-refractivity contribution in [2.45, 2.75) is 37.9 Å². The molecule has 1 saturated heterocycles. The van der Waals surface area contributed by atoms with Crippen LogP contribution in [0.15, 0.2) is 48.8 Å². The van der Waals surface area contributed by atoms with E-state index in [4.69, 9.17) is 4.74 Å². The topological polar surface area (TPSA) is 100.0 Å². The summed E-state index contributed by atoms with van der Waals surface area (Å²) < 4.78 is 5.58. The Kier molecular flexibility index (Phi) is 5.38. The normalized spacial score (nSPS) is 16.5. The highest BCUT2D eigenvalue weighted by atomic mass is 16.5. The lowest BCUT2D eigenvalue weighted by Crippen LogP contribution is -2.45. The number of likely N-dealkylation sites (tertiary alicyclic amines) is 1. The third kappa shape index (κ3) is 4.14. The number of benzene rings is 1. The lowest BCUT2D eigenvalue weighted by molar-refractivity contribution is -0.152. The van der Waals surface area contributed by atoms with Gasteiger partial charge in [0, 0.05) is 31.0 Å². The molecule has 0 saturated carbocycles. The summed E-state index contributed by atoms with van der Waals surface area (Å²) in [6, 6.07) is 10.2. The van der Waals surface area contributed by atoms with E-state index < -0.39 is 17.2 Å². The standard InChI is InChI=1S/C21H24N2O5/c1-20(2,19(25)26)28-17-5-3-4-16(14-17)21(27)8-12-23(13-9-21)18(24)15-6-10-22-11-7-15/h3-7,10-11,14,27H,8-9,12-13H2,1-2H3,(H,25,26). The van der Waals surface area contributed by atoms with Crippen LogP contribution in [0.3, 0.4) is 0 Å². The molecule has 0 spiro atoms. The highest BCUT2D eigenvalue weighted by molar-refractivity contribution is 5.94. The van der Waals surface area contributed by atoms with Crippen molar-refractivity contribution in [2.24, 2.45) is 0 Å². The molecule has 28 heavy (non-hydrogen) atoms. The summed E-state index contributed by atoms with van der Waals surface area (Å²) in [7, 11) is 0. The van der Waals surface area contributed by atoms with Crippen LogP contribution in [0.2, 0.25) is 0 Å². The molecule has 0 unspecified atom stereocenters. The smallest absolute Gasteiger partial charge is 0.347 e. The van der Waals surface area contributed by atoms with Gasteiger partial charge in [0.15, 0.2) is 5.60 Å². The van der Waals surface area contributed by atoms with Crippen LogP contribution in [0, 0.1) is 0 Å². The van der Waals surface area contributed by atoms with Crippen LogP contribution in [0.5, 0.6) is 5.75 Å². The number of carboxylic acids is 1. The fraction of sp³-hybridized carbons (Fsp3) is 0.381. The van der Waals surface area contributed by atoms with Crippen molar-refractivity contribution < 1.29 is 24.5 Å². The minimum Gasteiger partial charge on any atom is -0.478 e. The van der Waals surface area contributed by atoms with Gasteiger partial charge in [0.2, 0.25) is 0 Å². The molecule has 7 heteroatoms. The Morgan fingerprint density at radius 1 is 1.14 bits per heavy atom. The van der Waals surface area contributed by atoms with Gasteiger partial charge in [-0.3, -0.25) is 9.78 Å². The molecule has 1 amide bonds. The highest BCUT2D eigenvalue weighted by Gasteiger charge is 2.36. The van der Waals surface area contributed by atoms with Crippen LogP contribution >= 0.6 is 0 Å². The molecule has 0 radical (unpaired) electrons. The number of ether oxygens (including phenoxy) is 1. The van der Waals surface area contributed by atoms with E-state index in [-0.39, 0.29) is 5.91 Å². The van der Waals surface area contributed by atoms with Gasteiger partial charge in [-0.1, -0.05) is 12.1 Å². The number of aromatic nitrogens is 1. The summed E-state index contributed by atoms with van der Waals surface area (Å²) in [5.74, 6) is -0.766. The number of aliphatic hydroxyl groups is 1. The zero-order valence-electron chi connectivity index (χ0n) is 16.0. The number of nitrogens with zero attached hydrogens (tertiary/aromatic N) is 2. The maximum absolute atomic E-state index is 12.6. The third-order valence-corrected chi connectivity index (χ3v) is 5.06. The minimum absolute atomic E-state index is 0.0789. The third-order valence-electron chi connectivity index (χ3n) is 5.06. The van der Waals surface area contributed by atoms with E-state index in [1.54, 1.807) is 53.7 Å². The second-order valence-corrected chi connectivity index (χ2v) is 7.51. The van der Waals surface area contributed by atoms with Crippen molar-refractivity contribution in [2.75, 3.05) is 13.1 Å². The Morgan fingerprint density at radius 3 is 2.39 bits per heavy atom.